The molecule has 0 bridgehead atoms. The summed E-state index contributed by atoms with van der Waals surface area (Å²) in [5, 5.41) is 25.5. The van der Waals surface area contributed by atoms with Crippen molar-refractivity contribution in [1.82, 2.24) is 5.32 Å². The SMILES string of the molecule is O=C(NCc1ccc(C(O)c2ccco2)s1)C(=O)Nc1ccc(F)c([N+](=O)[O-])c1. The summed E-state index contributed by atoms with van der Waals surface area (Å²) in [6, 6.07) is 9.41. The van der Waals surface area contributed by atoms with E-state index in [-0.39, 0.29) is 12.2 Å². The average molecular weight is 419 g/mol. The van der Waals surface area contributed by atoms with Gasteiger partial charge in [-0.05, 0) is 36.4 Å². The standard InChI is InChI=1S/C18H14FN3O6S/c19-12-5-3-10(8-13(12)22(26)27)21-18(25)17(24)20-9-11-4-6-15(29-11)16(23)14-2-1-7-28-14/h1-8,16,23H,9H2,(H,20,24)(H,21,25). The molecular weight excluding hydrogens is 405 g/mol. The number of nitro groups is 1. The number of nitro benzene ring substituents is 1. The first-order chi connectivity index (χ1) is 13.8. The predicted molar refractivity (Wildman–Crippen MR) is 101 cm³/mol. The van der Waals surface area contributed by atoms with Gasteiger partial charge >= 0.3 is 17.5 Å². The minimum Gasteiger partial charge on any atom is -0.466 e. The molecule has 1 unspecified atom stereocenters. The molecule has 29 heavy (non-hydrogen) atoms. The van der Waals surface area contributed by atoms with E-state index in [4.69, 9.17) is 4.42 Å². The first-order valence-corrected chi connectivity index (χ1v) is 9.00. The van der Waals surface area contributed by atoms with Gasteiger partial charge in [-0.15, -0.1) is 11.3 Å². The fourth-order valence-electron chi connectivity index (χ4n) is 2.39. The number of hydrogen-bond donors (Lipinski definition) is 3. The Morgan fingerprint density at radius 1 is 1.24 bits per heavy atom. The molecule has 2 heterocycles. The summed E-state index contributed by atoms with van der Waals surface area (Å²) >= 11 is 1.23. The van der Waals surface area contributed by atoms with Gasteiger partial charge in [0.2, 0.25) is 5.82 Å². The monoisotopic (exact) mass is 419 g/mol. The molecule has 2 amide bonds. The lowest BCUT2D eigenvalue weighted by Crippen LogP contribution is -2.34. The van der Waals surface area contributed by atoms with E-state index in [9.17, 15) is 29.2 Å². The second kappa shape index (κ2) is 8.63. The summed E-state index contributed by atoms with van der Waals surface area (Å²) in [6.45, 7) is 0.0331. The first kappa shape index (κ1) is 20.2. The number of furan rings is 1. The van der Waals surface area contributed by atoms with Crippen molar-refractivity contribution < 1.29 is 28.4 Å². The Bertz CT molecular complexity index is 1050. The molecule has 1 aromatic carbocycles. The summed E-state index contributed by atoms with van der Waals surface area (Å²) in [5.74, 6) is -2.70. The van der Waals surface area contributed by atoms with Crippen LogP contribution in [0.25, 0.3) is 0 Å². The van der Waals surface area contributed by atoms with Crippen molar-refractivity contribution in [3.63, 3.8) is 0 Å². The van der Waals surface area contributed by atoms with E-state index in [0.29, 0.717) is 15.5 Å². The third-order valence-corrected chi connectivity index (χ3v) is 4.93. The molecule has 0 radical (unpaired) electrons. The molecule has 0 fully saturated rings. The number of thiophene rings is 1. The highest BCUT2D eigenvalue weighted by atomic mass is 32.1. The van der Waals surface area contributed by atoms with Crippen molar-refractivity contribution in [2.24, 2.45) is 0 Å². The second-order valence-corrected chi connectivity index (χ2v) is 6.98. The maximum absolute atomic E-state index is 13.3. The van der Waals surface area contributed by atoms with Gasteiger partial charge in [0.25, 0.3) is 0 Å². The molecule has 0 saturated heterocycles. The van der Waals surface area contributed by atoms with E-state index < -0.39 is 34.3 Å². The van der Waals surface area contributed by atoms with Gasteiger partial charge in [0.15, 0.2) is 0 Å². The van der Waals surface area contributed by atoms with Crippen molar-refractivity contribution in [2.45, 2.75) is 12.6 Å². The number of benzene rings is 1. The zero-order chi connectivity index (χ0) is 21.0. The minimum absolute atomic E-state index is 0.0331. The molecule has 0 spiro atoms. The number of aliphatic hydroxyl groups excluding tert-OH is 1. The highest BCUT2D eigenvalue weighted by Gasteiger charge is 2.19. The molecule has 3 rings (SSSR count). The van der Waals surface area contributed by atoms with E-state index in [2.05, 4.69) is 10.6 Å². The van der Waals surface area contributed by atoms with E-state index >= 15 is 0 Å². The fraction of sp³-hybridized carbons (Fsp3) is 0.111. The number of hydrogen-bond acceptors (Lipinski definition) is 7. The third kappa shape index (κ3) is 4.83. The zero-order valence-corrected chi connectivity index (χ0v) is 15.4. The Labute approximate surface area is 166 Å². The lowest BCUT2D eigenvalue weighted by molar-refractivity contribution is -0.387. The lowest BCUT2D eigenvalue weighted by atomic mass is 10.2. The van der Waals surface area contributed by atoms with Crippen LogP contribution in [0, 0.1) is 15.9 Å². The number of nitrogens with zero attached hydrogens (tertiary/aromatic N) is 1. The van der Waals surface area contributed by atoms with E-state index in [1.807, 2.05) is 0 Å². The molecule has 3 N–H and O–H groups in total. The number of nitrogens with one attached hydrogen (secondary N) is 2. The Balaban J connectivity index is 1.56. The second-order valence-electron chi connectivity index (χ2n) is 5.78. The molecule has 0 saturated carbocycles. The van der Waals surface area contributed by atoms with Crippen LogP contribution >= 0.6 is 11.3 Å². The Morgan fingerprint density at radius 3 is 2.72 bits per heavy atom. The molecule has 0 aliphatic carbocycles. The van der Waals surface area contributed by atoms with Crippen molar-refractivity contribution >= 4 is 34.5 Å². The van der Waals surface area contributed by atoms with Gasteiger partial charge in [0, 0.05) is 21.5 Å². The third-order valence-electron chi connectivity index (χ3n) is 3.79. The maximum atomic E-state index is 13.3. The molecule has 0 aliphatic rings. The van der Waals surface area contributed by atoms with Crippen LogP contribution in [-0.4, -0.2) is 21.8 Å². The summed E-state index contributed by atoms with van der Waals surface area (Å²) in [4.78, 5) is 35.0. The first-order valence-electron chi connectivity index (χ1n) is 8.18. The molecule has 2 aromatic heterocycles. The summed E-state index contributed by atoms with van der Waals surface area (Å²) in [6.07, 6.45) is 0.513. The summed E-state index contributed by atoms with van der Waals surface area (Å²) in [5.41, 5.74) is -0.900. The number of anilines is 1. The fourth-order valence-corrected chi connectivity index (χ4v) is 3.34. The van der Waals surface area contributed by atoms with Gasteiger partial charge < -0.3 is 20.2 Å². The number of halogens is 1. The van der Waals surface area contributed by atoms with Crippen molar-refractivity contribution in [1.29, 1.82) is 0 Å². The minimum atomic E-state index is -1.06. The van der Waals surface area contributed by atoms with Crippen LogP contribution in [0.5, 0.6) is 0 Å². The van der Waals surface area contributed by atoms with Crippen LogP contribution in [0.2, 0.25) is 0 Å². The predicted octanol–water partition coefficient (Wildman–Crippen LogP) is 2.73. The lowest BCUT2D eigenvalue weighted by Gasteiger charge is -2.06. The van der Waals surface area contributed by atoms with Gasteiger partial charge in [-0.2, -0.15) is 4.39 Å². The molecule has 1 atom stereocenters. The van der Waals surface area contributed by atoms with Crippen LogP contribution in [0.15, 0.2) is 53.1 Å². The number of amides is 2. The zero-order valence-electron chi connectivity index (χ0n) is 14.6. The van der Waals surface area contributed by atoms with Gasteiger partial charge in [-0.3, -0.25) is 19.7 Å². The van der Waals surface area contributed by atoms with Crippen LogP contribution in [0.1, 0.15) is 21.6 Å². The van der Waals surface area contributed by atoms with E-state index in [1.54, 1.807) is 24.3 Å². The highest BCUT2D eigenvalue weighted by Crippen LogP contribution is 2.28. The largest absolute Gasteiger partial charge is 0.466 e. The quantitative estimate of drug-likeness (QED) is 0.319. The van der Waals surface area contributed by atoms with Crippen LogP contribution < -0.4 is 10.6 Å². The maximum Gasteiger partial charge on any atom is 0.313 e. The number of aliphatic hydroxyl groups is 1. The van der Waals surface area contributed by atoms with Gasteiger partial charge in [0.1, 0.15) is 11.9 Å². The Hall–Kier alpha value is -3.57. The summed E-state index contributed by atoms with van der Waals surface area (Å²) in [7, 11) is 0. The number of carbonyl (C=O) groups is 2. The Kier molecular flexibility index (Phi) is 6.00. The number of rotatable bonds is 6. The van der Waals surface area contributed by atoms with Gasteiger partial charge in [0.05, 0.1) is 17.7 Å². The Morgan fingerprint density at radius 2 is 2.03 bits per heavy atom. The van der Waals surface area contributed by atoms with Crippen LogP contribution in [0.3, 0.4) is 0 Å². The highest BCUT2D eigenvalue weighted by molar-refractivity contribution is 7.12. The normalized spacial score (nSPS) is 11.7. The average Bonchev–Trinajstić information content (AvgIpc) is 3.39. The molecule has 3 aromatic rings. The van der Waals surface area contributed by atoms with Crippen molar-refractivity contribution in [2.75, 3.05) is 5.32 Å². The number of carbonyl (C=O) groups excluding carboxylic acids is 2. The molecule has 0 aliphatic heterocycles. The summed E-state index contributed by atoms with van der Waals surface area (Å²) < 4.78 is 18.5. The van der Waals surface area contributed by atoms with Crippen molar-refractivity contribution in [3.8, 4) is 0 Å². The molecular formula is C18H14FN3O6S. The van der Waals surface area contributed by atoms with Crippen LogP contribution in [-0.2, 0) is 16.1 Å². The smallest absolute Gasteiger partial charge is 0.313 e. The molecule has 150 valence electrons. The molecule has 11 heteroatoms. The van der Waals surface area contributed by atoms with E-state index in [0.717, 1.165) is 18.2 Å². The topological polar surface area (TPSA) is 135 Å². The van der Waals surface area contributed by atoms with Crippen LogP contribution in [0.4, 0.5) is 15.8 Å². The van der Waals surface area contributed by atoms with Gasteiger partial charge in [-0.25, -0.2) is 0 Å². The molecule has 9 nitrogen and oxygen atoms in total. The van der Waals surface area contributed by atoms with E-state index in [1.165, 1.54) is 17.6 Å². The van der Waals surface area contributed by atoms with Gasteiger partial charge in [-0.1, -0.05) is 0 Å². The van der Waals surface area contributed by atoms with Crippen molar-refractivity contribution in [3.05, 3.63) is 80.2 Å².